The topological polar surface area (TPSA) is 55.6 Å². The van der Waals surface area contributed by atoms with E-state index in [1.54, 1.807) is 18.2 Å². The number of rotatable bonds is 6. The van der Waals surface area contributed by atoms with Gasteiger partial charge >= 0.3 is 0 Å². The molecule has 0 spiro atoms. The van der Waals surface area contributed by atoms with Gasteiger partial charge in [0.2, 0.25) is 5.91 Å². The highest BCUT2D eigenvalue weighted by Crippen LogP contribution is 2.21. The molecule has 6 heteroatoms. The van der Waals surface area contributed by atoms with Crippen LogP contribution in [0.3, 0.4) is 0 Å². The lowest BCUT2D eigenvalue weighted by Gasteiger charge is -2.35. The molecule has 0 radical (unpaired) electrons. The maximum absolute atomic E-state index is 13.0. The molecule has 2 aromatic rings. The third kappa shape index (κ3) is 4.45. The van der Waals surface area contributed by atoms with E-state index in [1.165, 1.54) is 18.6 Å². The van der Waals surface area contributed by atoms with Crippen molar-refractivity contribution in [1.29, 1.82) is 0 Å². The second-order valence-electron chi connectivity index (χ2n) is 6.33. The highest BCUT2D eigenvalue weighted by molar-refractivity contribution is 5.77. The number of ether oxygens (including phenoxy) is 1. The Kier molecular flexibility index (Phi) is 5.81. The lowest BCUT2D eigenvalue weighted by molar-refractivity contribution is -0.140. The fourth-order valence-corrected chi connectivity index (χ4v) is 3.21. The van der Waals surface area contributed by atoms with Gasteiger partial charge in [0.05, 0.1) is 6.61 Å². The summed E-state index contributed by atoms with van der Waals surface area (Å²) in [4.78, 5) is 14.3. The molecule has 1 unspecified atom stereocenters. The minimum atomic E-state index is -0.298. The second-order valence-corrected chi connectivity index (χ2v) is 6.33. The average Bonchev–Trinajstić information content (AvgIpc) is 3.11. The number of piperidine rings is 1. The normalized spacial score (nSPS) is 17.7. The molecule has 0 bridgehead atoms. The van der Waals surface area contributed by atoms with Gasteiger partial charge < -0.3 is 14.2 Å². The minimum absolute atomic E-state index is 0.0359. The first-order valence-electron chi connectivity index (χ1n) is 8.76. The summed E-state index contributed by atoms with van der Waals surface area (Å²) in [6.07, 6.45) is 4.31. The fourth-order valence-electron chi connectivity index (χ4n) is 3.21. The number of nitrogens with zero attached hydrogens (tertiary/aromatic N) is 2. The van der Waals surface area contributed by atoms with Crippen molar-refractivity contribution in [3.05, 3.63) is 41.8 Å². The molecule has 134 valence electrons. The lowest BCUT2D eigenvalue weighted by Crippen LogP contribution is -2.45. The third-order valence-electron chi connectivity index (χ3n) is 4.58. The molecule has 1 aliphatic rings. The molecule has 2 heterocycles. The SMILES string of the molecule is CCC1CCCCN1C(=O)COCc1cc(-c2ccc(F)cc2)on1. The number of amides is 1. The minimum Gasteiger partial charge on any atom is -0.365 e. The van der Waals surface area contributed by atoms with Crippen LogP contribution in [-0.2, 0) is 16.1 Å². The Morgan fingerprint density at radius 3 is 2.92 bits per heavy atom. The van der Waals surface area contributed by atoms with E-state index in [2.05, 4.69) is 12.1 Å². The Hall–Kier alpha value is -2.21. The summed E-state index contributed by atoms with van der Waals surface area (Å²) in [5, 5.41) is 3.94. The van der Waals surface area contributed by atoms with Crippen LogP contribution in [0.4, 0.5) is 4.39 Å². The van der Waals surface area contributed by atoms with Crippen molar-refractivity contribution in [2.45, 2.75) is 45.3 Å². The van der Waals surface area contributed by atoms with Crippen LogP contribution in [0.5, 0.6) is 0 Å². The fraction of sp³-hybridized carbons (Fsp3) is 0.474. The van der Waals surface area contributed by atoms with E-state index in [4.69, 9.17) is 9.26 Å². The third-order valence-corrected chi connectivity index (χ3v) is 4.58. The quantitative estimate of drug-likeness (QED) is 0.798. The van der Waals surface area contributed by atoms with E-state index < -0.39 is 0 Å². The van der Waals surface area contributed by atoms with Gasteiger partial charge in [0.1, 0.15) is 18.1 Å². The molecule has 1 fully saturated rings. The number of likely N-dealkylation sites (tertiary alicyclic amines) is 1. The molecule has 1 atom stereocenters. The van der Waals surface area contributed by atoms with Crippen molar-refractivity contribution in [3.8, 4) is 11.3 Å². The van der Waals surface area contributed by atoms with Gasteiger partial charge in [-0.3, -0.25) is 4.79 Å². The zero-order valence-electron chi connectivity index (χ0n) is 14.4. The van der Waals surface area contributed by atoms with Gasteiger partial charge in [-0.1, -0.05) is 12.1 Å². The highest BCUT2D eigenvalue weighted by atomic mass is 19.1. The van der Waals surface area contributed by atoms with Gasteiger partial charge in [-0.2, -0.15) is 0 Å². The molecule has 0 N–H and O–H groups in total. The van der Waals surface area contributed by atoms with Gasteiger partial charge in [-0.05, 0) is 49.9 Å². The predicted molar refractivity (Wildman–Crippen MR) is 91.2 cm³/mol. The van der Waals surface area contributed by atoms with Gasteiger partial charge in [0.15, 0.2) is 5.76 Å². The van der Waals surface area contributed by atoms with Crippen LogP contribution in [0.2, 0.25) is 0 Å². The van der Waals surface area contributed by atoms with E-state index in [1.807, 2.05) is 4.90 Å². The molecule has 1 aliphatic heterocycles. The number of hydrogen-bond acceptors (Lipinski definition) is 4. The first-order valence-corrected chi connectivity index (χ1v) is 8.76. The van der Waals surface area contributed by atoms with E-state index in [0.717, 1.165) is 31.4 Å². The smallest absolute Gasteiger partial charge is 0.248 e. The van der Waals surface area contributed by atoms with Crippen molar-refractivity contribution < 1.29 is 18.4 Å². The summed E-state index contributed by atoms with van der Waals surface area (Å²) in [5.41, 5.74) is 1.35. The summed E-state index contributed by atoms with van der Waals surface area (Å²) in [6.45, 7) is 3.19. The molecular formula is C19H23FN2O3. The highest BCUT2D eigenvalue weighted by Gasteiger charge is 2.25. The summed E-state index contributed by atoms with van der Waals surface area (Å²) in [7, 11) is 0. The molecule has 0 saturated carbocycles. The van der Waals surface area contributed by atoms with Crippen molar-refractivity contribution in [3.63, 3.8) is 0 Å². The summed E-state index contributed by atoms with van der Waals surface area (Å²) in [6, 6.07) is 8.08. The number of benzene rings is 1. The monoisotopic (exact) mass is 346 g/mol. The first kappa shape index (κ1) is 17.6. The number of aromatic nitrogens is 1. The molecule has 0 aliphatic carbocycles. The van der Waals surface area contributed by atoms with Gasteiger partial charge in [-0.15, -0.1) is 0 Å². The average molecular weight is 346 g/mol. The maximum Gasteiger partial charge on any atom is 0.248 e. The number of carbonyl (C=O) groups excluding carboxylic acids is 1. The van der Waals surface area contributed by atoms with Crippen LogP contribution in [0.15, 0.2) is 34.9 Å². The molecule has 25 heavy (non-hydrogen) atoms. The van der Waals surface area contributed by atoms with Crippen molar-refractivity contribution >= 4 is 5.91 Å². The standard InChI is InChI=1S/C19H23FN2O3/c1-2-17-5-3-4-10-22(17)19(23)13-24-12-16-11-18(25-21-16)14-6-8-15(20)9-7-14/h6-9,11,17H,2-5,10,12-13H2,1H3. The van der Waals surface area contributed by atoms with Gasteiger partial charge in [0.25, 0.3) is 0 Å². The van der Waals surface area contributed by atoms with Crippen LogP contribution in [-0.4, -0.2) is 35.2 Å². The van der Waals surface area contributed by atoms with E-state index in [9.17, 15) is 9.18 Å². The number of hydrogen-bond donors (Lipinski definition) is 0. The van der Waals surface area contributed by atoms with E-state index >= 15 is 0 Å². The first-order chi connectivity index (χ1) is 12.2. The largest absolute Gasteiger partial charge is 0.365 e. The van der Waals surface area contributed by atoms with Crippen molar-refractivity contribution in [2.75, 3.05) is 13.2 Å². The number of halogens is 1. The Morgan fingerprint density at radius 1 is 1.36 bits per heavy atom. The maximum atomic E-state index is 13.0. The number of carbonyl (C=O) groups is 1. The van der Waals surface area contributed by atoms with Crippen molar-refractivity contribution in [2.24, 2.45) is 0 Å². The summed E-state index contributed by atoms with van der Waals surface area (Å²) in [5.74, 6) is 0.286. The molecular weight excluding hydrogens is 323 g/mol. The molecule has 3 rings (SSSR count). The Morgan fingerprint density at radius 2 is 2.16 bits per heavy atom. The van der Waals surface area contributed by atoms with Crippen LogP contribution in [0, 0.1) is 5.82 Å². The van der Waals surface area contributed by atoms with Crippen LogP contribution >= 0.6 is 0 Å². The molecule has 1 aromatic heterocycles. The van der Waals surface area contributed by atoms with E-state index in [-0.39, 0.29) is 24.9 Å². The van der Waals surface area contributed by atoms with Crippen LogP contribution in [0.1, 0.15) is 38.3 Å². The Balaban J connectivity index is 1.50. The van der Waals surface area contributed by atoms with E-state index in [0.29, 0.717) is 17.5 Å². The summed E-state index contributed by atoms with van der Waals surface area (Å²) < 4.78 is 23.7. The molecule has 1 aromatic carbocycles. The van der Waals surface area contributed by atoms with Gasteiger partial charge in [-0.25, -0.2) is 4.39 Å². The Labute approximate surface area is 146 Å². The Bertz CT molecular complexity index is 699. The van der Waals surface area contributed by atoms with Crippen molar-refractivity contribution in [1.82, 2.24) is 10.1 Å². The second kappa shape index (κ2) is 8.25. The molecule has 1 amide bonds. The molecule has 1 saturated heterocycles. The lowest BCUT2D eigenvalue weighted by atomic mass is 10.00. The zero-order chi connectivity index (χ0) is 17.6. The summed E-state index contributed by atoms with van der Waals surface area (Å²) >= 11 is 0. The van der Waals surface area contributed by atoms with Crippen LogP contribution in [0.25, 0.3) is 11.3 Å². The molecule has 5 nitrogen and oxygen atoms in total. The predicted octanol–water partition coefficient (Wildman–Crippen LogP) is 3.79. The zero-order valence-corrected chi connectivity index (χ0v) is 14.4. The van der Waals surface area contributed by atoms with Gasteiger partial charge in [0, 0.05) is 24.2 Å². The van der Waals surface area contributed by atoms with Crippen LogP contribution < -0.4 is 0 Å².